The summed E-state index contributed by atoms with van der Waals surface area (Å²) in [7, 11) is 1.77. The Morgan fingerprint density at radius 3 is 2.63 bits per heavy atom. The molecule has 0 atom stereocenters. The largest absolute Gasteiger partial charge is 0.398 e. The van der Waals surface area contributed by atoms with Crippen molar-refractivity contribution in [3.05, 3.63) is 35.3 Å². The summed E-state index contributed by atoms with van der Waals surface area (Å²) < 4.78 is 15.4. The fourth-order valence-electron chi connectivity index (χ4n) is 1.66. The molecule has 1 aromatic heterocycles. The van der Waals surface area contributed by atoms with Crippen LogP contribution in [0.1, 0.15) is 16.1 Å². The number of primary amides is 1. The van der Waals surface area contributed by atoms with Crippen LogP contribution < -0.4 is 16.8 Å². The normalized spacial score (nSPS) is 10.5. The second-order valence-electron chi connectivity index (χ2n) is 4.20. The summed E-state index contributed by atoms with van der Waals surface area (Å²) in [6.07, 6.45) is 0. The van der Waals surface area contributed by atoms with Crippen molar-refractivity contribution in [1.82, 2.24) is 9.78 Å². The molecular weight excluding hydrogens is 249 g/mol. The van der Waals surface area contributed by atoms with Gasteiger partial charge in [0.15, 0.2) is 5.82 Å². The number of benzene rings is 1. The number of hydrogen-bond donors (Lipinski definition) is 3. The number of amides is 1. The lowest BCUT2D eigenvalue weighted by Gasteiger charge is -2.08. The van der Waals surface area contributed by atoms with Gasteiger partial charge in [-0.3, -0.25) is 9.48 Å². The van der Waals surface area contributed by atoms with E-state index in [4.69, 9.17) is 11.5 Å². The van der Waals surface area contributed by atoms with Gasteiger partial charge < -0.3 is 16.8 Å². The number of aryl methyl sites for hydroxylation is 2. The summed E-state index contributed by atoms with van der Waals surface area (Å²) in [4.78, 5) is 11.2. The molecule has 0 aliphatic heterocycles. The molecule has 0 saturated carbocycles. The summed E-state index contributed by atoms with van der Waals surface area (Å²) in [5, 5.41) is 6.92. The molecule has 7 heteroatoms. The van der Waals surface area contributed by atoms with E-state index >= 15 is 0 Å². The lowest BCUT2D eigenvalue weighted by molar-refractivity contribution is 0.100. The molecule has 0 unspecified atom stereocenters. The molecule has 1 amide bonds. The molecule has 6 nitrogen and oxygen atoms in total. The van der Waals surface area contributed by atoms with E-state index in [2.05, 4.69) is 10.4 Å². The standard InChI is InChI=1S/C12H14FN5O/c1-6-3-11(17-18(6)2)16-10-4-7(12(15)19)9(14)5-8(10)13/h3-5H,14H2,1-2H3,(H2,15,19)(H,16,17). The number of carbonyl (C=O) groups excluding carboxylic acids is 1. The molecule has 0 aliphatic carbocycles. The van der Waals surface area contributed by atoms with Crippen molar-refractivity contribution in [2.75, 3.05) is 11.1 Å². The maximum absolute atomic E-state index is 13.8. The molecule has 2 rings (SSSR count). The third-order valence-corrected chi connectivity index (χ3v) is 2.78. The van der Waals surface area contributed by atoms with E-state index in [0.717, 1.165) is 11.8 Å². The number of rotatable bonds is 3. The molecule has 0 radical (unpaired) electrons. The average molecular weight is 263 g/mol. The van der Waals surface area contributed by atoms with Crippen LogP contribution in [-0.2, 0) is 7.05 Å². The van der Waals surface area contributed by atoms with E-state index < -0.39 is 11.7 Å². The van der Waals surface area contributed by atoms with Crippen molar-refractivity contribution >= 4 is 23.1 Å². The van der Waals surface area contributed by atoms with Crippen LogP contribution in [-0.4, -0.2) is 15.7 Å². The van der Waals surface area contributed by atoms with E-state index in [1.807, 2.05) is 6.92 Å². The van der Waals surface area contributed by atoms with Crippen LogP contribution in [0.3, 0.4) is 0 Å². The monoisotopic (exact) mass is 263 g/mol. The van der Waals surface area contributed by atoms with Crippen LogP contribution in [0.25, 0.3) is 0 Å². The molecule has 0 saturated heterocycles. The summed E-state index contributed by atoms with van der Waals surface area (Å²) >= 11 is 0. The fraction of sp³-hybridized carbons (Fsp3) is 0.167. The Hall–Kier alpha value is -2.57. The van der Waals surface area contributed by atoms with Gasteiger partial charge in [-0.15, -0.1) is 0 Å². The Morgan fingerprint density at radius 1 is 1.42 bits per heavy atom. The number of anilines is 3. The number of carbonyl (C=O) groups is 1. The summed E-state index contributed by atoms with van der Waals surface area (Å²) in [5.41, 5.74) is 11.8. The quantitative estimate of drug-likeness (QED) is 0.726. The number of aromatic nitrogens is 2. The van der Waals surface area contributed by atoms with Crippen molar-refractivity contribution in [3.8, 4) is 0 Å². The molecule has 100 valence electrons. The Labute approximate surface area is 109 Å². The van der Waals surface area contributed by atoms with Gasteiger partial charge >= 0.3 is 0 Å². The summed E-state index contributed by atoms with van der Waals surface area (Å²) in [5.74, 6) is -0.817. The zero-order valence-corrected chi connectivity index (χ0v) is 10.6. The van der Waals surface area contributed by atoms with Gasteiger partial charge in [-0.2, -0.15) is 5.10 Å². The van der Waals surface area contributed by atoms with Gasteiger partial charge in [0.25, 0.3) is 5.91 Å². The first-order valence-electron chi connectivity index (χ1n) is 5.55. The zero-order chi connectivity index (χ0) is 14.2. The third-order valence-electron chi connectivity index (χ3n) is 2.78. The molecule has 0 spiro atoms. The molecule has 1 aromatic carbocycles. The number of halogens is 1. The maximum atomic E-state index is 13.8. The van der Waals surface area contributed by atoms with Gasteiger partial charge in [0.2, 0.25) is 0 Å². The molecule has 0 bridgehead atoms. The minimum absolute atomic E-state index is 0.00718. The molecule has 5 N–H and O–H groups in total. The average Bonchev–Trinajstić information content (AvgIpc) is 2.61. The van der Waals surface area contributed by atoms with Gasteiger partial charge in [-0.1, -0.05) is 0 Å². The van der Waals surface area contributed by atoms with Crippen molar-refractivity contribution in [1.29, 1.82) is 0 Å². The highest BCUT2D eigenvalue weighted by molar-refractivity contribution is 5.99. The van der Waals surface area contributed by atoms with Gasteiger partial charge in [-0.25, -0.2) is 4.39 Å². The maximum Gasteiger partial charge on any atom is 0.250 e. The fourth-order valence-corrected chi connectivity index (χ4v) is 1.66. The van der Waals surface area contributed by atoms with E-state index in [1.165, 1.54) is 6.07 Å². The number of nitrogens with zero attached hydrogens (tertiary/aromatic N) is 2. The second kappa shape index (κ2) is 4.60. The number of nitrogen functional groups attached to an aromatic ring is 1. The minimum atomic E-state index is -0.710. The van der Waals surface area contributed by atoms with Crippen molar-refractivity contribution in [2.24, 2.45) is 12.8 Å². The molecule has 0 aliphatic rings. The smallest absolute Gasteiger partial charge is 0.250 e. The predicted molar refractivity (Wildman–Crippen MR) is 70.6 cm³/mol. The van der Waals surface area contributed by atoms with Crippen LogP contribution in [0.4, 0.5) is 21.6 Å². The van der Waals surface area contributed by atoms with Crippen LogP contribution in [0.5, 0.6) is 0 Å². The van der Waals surface area contributed by atoms with E-state index in [-0.39, 0.29) is 16.9 Å². The number of hydrogen-bond acceptors (Lipinski definition) is 4. The topological polar surface area (TPSA) is 99.0 Å². The first-order chi connectivity index (χ1) is 8.88. The molecule has 2 aromatic rings. The highest BCUT2D eigenvalue weighted by Crippen LogP contribution is 2.24. The molecule has 19 heavy (non-hydrogen) atoms. The van der Waals surface area contributed by atoms with E-state index in [0.29, 0.717) is 5.82 Å². The Bertz CT molecular complexity index is 630. The van der Waals surface area contributed by atoms with Gasteiger partial charge in [0.05, 0.1) is 11.3 Å². The van der Waals surface area contributed by atoms with Crippen molar-refractivity contribution < 1.29 is 9.18 Å². The first kappa shape index (κ1) is 12.9. The lowest BCUT2D eigenvalue weighted by atomic mass is 10.1. The second-order valence-corrected chi connectivity index (χ2v) is 4.20. The molecule has 0 fully saturated rings. The van der Waals surface area contributed by atoms with Crippen LogP contribution >= 0.6 is 0 Å². The van der Waals surface area contributed by atoms with Crippen molar-refractivity contribution in [2.45, 2.75) is 6.92 Å². The van der Waals surface area contributed by atoms with Gasteiger partial charge in [0.1, 0.15) is 5.82 Å². The van der Waals surface area contributed by atoms with Gasteiger partial charge in [-0.05, 0) is 19.1 Å². The zero-order valence-electron chi connectivity index (χ0n) is 10.6. The summed E-state index contributed by atoms with van der Waals surface area (Å²) in [6, 6.07) is 4.08. The molecular formula is C12H14FN5O. The van der Waals surface area contributed by atoms with Crippen molar-refractivity contribution in [3.63, 3.8) is 0 Å². The highest BCUT2D eigenvalue weighted by atomic mass is 19.1. The van der Waals surface area contributed by atoms with Crippen LogP contribution in [0.15, 0.2) is 18.2 Å². The third kappa shape index (κ3) is 2.49. The first-order valence-corrected chi connectivity index (χ1v) is 5.55. The lowest BCUT2D eigenvalue weighted by Crippen LogP contribution is -2.14. The number of nitrogens with two attached hydrogens (primary N) is 2. The highest BCUT2D eigenvalue weighted by Gasteiger charge is 2.13. The minimum Gasteiger partial charge on any atom is -0.398 e. The van der Waals surface area contributed by atoms with E-state index in [9.17, 15) is 9.18 Å². The van der Waals surface area contributed by atoms with Crippen LogP contribution in [0.2, 0.25) is 0 Å². The number of nitrogens with one attached hydrogen (secondary N) is 1. The Kier molecular flexibility index (Phi) is 3.12. The van der Waals surface area contributed by atoms with Gasteiger partial charge in [0, 0.05) is 24.5 Å². The Balaban J connectivity index is 2.39. The SMILES string of the molecule is Cc1cc(Nc2cc(C(N)=O)c(N)cc2F)nn1C. The molecule has 1 heterocycles. The predicted octanol–water partition coefficient (Wildman–Crippen LogP) is 1.29. The van der Waals surface area contributed by atoms with E-state index in [1.54, 1.807) is 17.8 Å². The Morgan fingerprint density at radius 2 is 2.11 bits per heavy atom. The summed E-state index contributed by atoms with van der Waals surface area (Å²) in [6.45, 7) is 1.87. The van der Waals surface area contributed by atoms with Crippen LogP contribution in [0, 0.1) is 12.7 Å².